The molecule has 0 fully saturated rings. The van der Waals surface area contributed by atoms with Gasteiger partial charge in [-0.3, -0.25) is 0 Å². The third-order valence-corrected chi connectivity index (χ3v) is 4.62. The van der Waals surface area contributed by atoms with Crippen LogP contribution in [0.25, 0.3) is 0 Å². The highest BCUT2D eigenvalue weighted by Gasteiger charge is 1.98. The first-order valence-corrected chi connectivity index (χ1v) is 9.84. The van der Waals surface area contributed by atoms with Crippen molar-refractivity contribution in [2.24, 2.45) is 0 Å². The summed E-state index contributed by atoms with van der Waals surface area (Å²) < 4.78 is 5.27. The number of rotatable bonds is 17. The minimum atomic E-state index is 0.451. The van der Waals surface area contributed by atoms with Crippen LogP contribution >= 0.6 is 0 Å². The lowest BCUT2D eigenvalue weighted by Gasteiger charge is -2.08. The SMILES string of the molecule is CCCCCCCCCCCCCCCCCC(C)OC. The largest absolute Gasteiger partial charge is 0.382 e. The molecule has 0 amide bonds. The topological polar surface area (TPSA) is 9.23 Å². The van der Waals surface area contributed by atoms with Gasteiger partial charge in [-0.2, -0.15) is 0 Å². The van der Waals surface area contributed by atoms with Gasteiger partial charge in [0.2, 0.25) is 0 Å². The molecular formula is C20H42O. The Hall–Kier alpha value is -0.0400. The molecule has 0 saturated heterocycles. The molecule has 21 heavy (non-hydrogen) atoms. The van der Waals surface area contributed by atoms with Crippen molar-refractivity contribution >= 4 is 0 Å². The fourth-order valence-electron chi connectivity index (χ4n) is 2.92. The zero-order valence-corrected chi connectivity index (χ0v) is 15.3. The molecular weight excluding hydrogens is 256 g/mol. The highest BCUT2D eigenvalue weighted by atomic mass is 16.5. The lowest BCUT2D eigenvalue weighted by Crippen LogP contribution is -2.03. The van der Waals surface area contributed by atoms with E-state index < -0.39 is 0 Å². The standard InChI is InChI=1S/C20H42O/c1-4-5-6-7-8-9-10-11-12-13-14-15-16-17-18-19-20(2)21-3/h20H,4-19H2,1-3H3. The molecule has 0 saturated carbocycles. The van der Waals surface area contributed by atoms with E-state index in [-0.39, 0.29) is 0 Å². The summed E-state index contributed by atoms with van der Waals surface area (Å²) in [5.41, 5.74) is 0. The molecule has 1 atom stereocenters. The van der Waals surface area contributed by atoms with E-state index in [1.165, 1.54) is 103 Å². The zero-order chi connectivity index (χ0) is 15.6. The second-order valence-electron chi connectivity index (χ2n) is 6.78. The lowest BCUT2D eigenvalue weighted by molar-refractivity contribution is 0.108. The van der Waals surface area contributed by atoms with Gasteiger partial charge in [0, 0.05) is 7.11 Å². The molecule has 0 rings (SSSR count). The third-order valence-electron chi connectivity index (χ3n) is 4.62. The zero-order valence-electron chi connectivity index (χ0n) is 15.3. The summed E-state index contributed by atoms with van der Waals surface area (Å²) >= 11 is 0. The average Bonchev–Trinajstić information content (AvgIpc) is 2.50. The molecule has 0 aliphatic heterocycles. The number of unbranched alkanes of at least 4 members (excludes halogenated alkanes) is 14. The Bertz CT molecular complexity index is 179. The maximum absolute atomic E-state index is 5.27. The lowest BCUT2D eigenvalue weighted by atomic mass is 10.0. The normalized spacial score (nSPS) is 12.7. The molecule has 0 heterocycles. The quantitative estimate of drug-likeness (QED) is 0.256. The van der Waals surface area contributed by atoms with E-state index in [4.69, 9.17) is 4.74 Å². The second kappa shape index (κ2) is 18.0. The van der Waals surface area contributed by atoms with Crippen molar-refractivity contribution in [2.75, 3.05) is 7.11 Å². The van der Waals surface area contributed by atoms with Crippen LogP contribution in [0.5, 0.6) is 0 Å². The predicted molar refractivity (Wildman–Crippen MR) is 96.0 cm³/mol. The Morgan fingerprint density at radius 1 is 0.571 bits per heavy atom. The Balaban J connectivity index is 2.96. The van der Waals surface area contributed by atoms with Gasteiger partial charge in [0.15, 0.2) is 0 Å². The summed E-state index contributed by atoms with van der Waals surface area (Å²) in [4.78, 5) is 0. The number of hydrogen-bond acceptors (Lipinski definition) is 1. The van der Waals surface area contributed by atoms with Gasteiger partial charge in [0.05, 0.1) is 6.10 Å². The summed E-state index contributed by atoms with van der Waals surface area (Å²) in [5.74, 6) is 0. The smallest absolute Gasteiger partial charge is 0.0543 e. The summed E-state index contributed by atoms with van der Waals surface area (Å²) in [5, 5.41) is 0. The number of ether oxygens (including phenoxy) is 1. The molecule has 0 aliphatic carbocycles. The van der Waals surface area contributed by atoms with Crippen LogP contribution in [0.1, 0.15) is 117 Å². The van der Waals surface area contributed by atoms with E-state index in [9.17, 15) is 0 Å². The van der Waals surface area contributed by atoms with E-state index in [0.29, 0.717) is 6.10 Å². The van der Waals surface area contributed by atoms with Crippen molar-refractivity contribution in [1.82, 2.24) is 0 Å². The van der Waals surface area contributed by atoms with Gasteiger partial charge in [0.25, 0.3) is 0 Å². The molecule has 0 radical (unpaired) electrons. The minimum Gasteiger partial charge on any atom is -0.382 e. The van der Waals surface area contributed by atoms with Gasteiger partial charge in [-0.1, -0.05) is 103 Å². The monoisotopic (exact) mass is 298 g/mol. The first kappa shape index (κ1) is 21.0. The summed E-state index contributed by atoms with van der Waals surface area (Å²) in [6, 6.07) is 0. The molecule has 0 aromatic heterocycles. The van der Waals surface area contributed by atoms with Crippen LogP contribution in [0, 0.1) is 0 Å². The average molecular weight is 299 g/mol. The van der Waals surface area contributed by atoms with Crippen molar-refractivity contribution in [1.29, 1.82) is 0 Å². The Kier molecular flexibility index (Phi) is 18.0. The maximum atomic E-state index is 5.27. The number of hydrogen-bond donors (Lipinski definition) is 0. The van der Waals surface area contributed by atoms with E-state index >= 15 is 0 Å². The first-order chi connectivity index (χ1) is 10.3. The van der Waals surface area contributed by atoms with Crippen LogP contribution < -0.4 is 0 Å². The molecule has 128 valence electrons. The minimum absolute atomic E-state index is 0.451. The fraction of sp³-hybridized carbons (Fsp3) is 1.00. The molecule has 0 bridgehead atoms. The summed E-state index contributed by atoms with van der Waals surface area (Å²) in [6.07, 6.45) is 23.3. The molecule has 1 unspecified atom stereocenters. The fourth-order valence-corrected chi connectivity index (χ4v) is 2.92. The Morgan fingerprint density at radius 2 is 0.905 bits per heavy atom. The molecule has 1 heteroatoms. The van der Waals surface area contributed by atoms with Crippen LogP contribution in [0.15, 0.2) is 0 Å². The van der Waals surface area contributed by atoms with Crippen LogP contribution in [0.2, 0.25) is 0 Å². The highest BCUT2D eigenvalue weighted by molar-refractivity contribution is 4.52. The van der Waals surface area contributed by atoms with Crippen LogP contribution in [-0.4, -0.2) is 13.2 Å². The highest BCUT2D eigenvalue weighted by Crippen LogP contribution is 2.14. The first-order valence-electron chi connectivity index (χ1n) is 9.84. The summed E-state index contributed by atoms with van der Waals surface area (Å²) in [7, 11) is 1.82. The molecule has 0 aromatic carbocycles. The summed E-state index contributed by atoms with van der Waals surface area (Å²) in [6.45, 7) is 4.46. The molecule has 1 nitrogen and oxygen atoms in total. The molecule has 0 aliphatic rings. The van der Waals surface area contributed by atoms with Crippen molar-refractivity contribution in [3.8, 4) is 0 Å². The molecule has 0 spiro atoms. The van der Waals surface area contributed by atoms with Gasteiger partial charge in [-0.25, -0.2) is 0 Å². The van der Waals surface area contributed by atoms with Gasteiger partial charge in [0.1, 0.15) is 0 Å². The predicted octanol–water partition coefficient (Wildman–Crippen LogP) is 7.28. The molecule has 0 N–H and O–H groups in total. The number of methoxy groups -OCH3 is 1. The molecule has 0 aromatic rings. The van der Waals surface area contributed by atoms with E-state index in [0.717, 1.165) is 0 Å². The van der Waals surface area contributed by atoms with E-state index in [1.54, 1.807) is 0 Å². The van der Waals surface area contributed by atoms with Gasteiger partial charge in [-0.05, 0) is 13.3 Å². The van der Waals surface area contributed by atoms with Gasteiger partial charge < -0.3 is 4.74 Å². The van der Waals surface area contributed by atoms with Gasteiger partial charge in [-0.15, -0.1) is 0 Å². The van der Waals surface area contributed by atoms with E-state index in [2.05, 4.69) is 13.8 Å². The third kappa shape index (κ3) is 17.9. The van der Waals surface area contributed by atoms with Crippen LogP contribution in [-0.2, 0) is 4.74 Å². The van der Waals surface area contributed by atoms with Crippen molar-refractivity contribution in [3.05, 3.63) is 0 Å². The maximum Gasteiger partial charge on any atom is 0.0543 e. The van der Waals surface area contributed by atoms with Crippen LogP contribution in [0.4, 0.5) is 0 Å². The van der Waals surface area contributed by atoms with Crippen molar-refractivity contribution in [3.63, 3.8) is 0 Å². The second-order valence-corrected chi connectivity index (χ2v) is 6.78. The van der Waals surface area contributed by atoms with Gasteiger partial charge >= 0.3 is 0 Å². The van der Waals surface area contributed by atoms with Crippen molar-refractivity contribution < 1.29 is 4.74 Å². The van der Waals surface area contributed by atoms with E-state index in [1.807, 2.05) is 7.11 Å². The van der Waals surface area contributed by atoms with Crippen molar-refractivity contribution in [2.45, 2.75) is 123 Å². The Labute approximate surface area is 135 Å². The van der Waals surface area contributed by atoms with Crippen LogP contribution in [0.3, 0.4) is 0 Å². The Morgan fingerprint density at radius 3 is 1.24 bits per heavy atom.